The van der Waals surface area contributed by atoms with Gasteiger partial charge in [0.05, 0.1) is 12.0 Å². The van der Waals surface area contributed by atoms with Gasteiger partial charge in [-0.15, -0.1) is 0 Å². The van der Waals surface area contributed by atoms with Crippen LogP contribution in [0.1, 0.15) is 36.3 Å². The first-order chi connectivity index (χ1) is 16.0. The number of carbonyl (C=O) groups excluding carboxylic acids is 2. The van der Waals surface area contributed by atoms with Crippen LogP contribution in [0.4, 0.5) is 4.79 Å². The van der Waals surface area contributed by atoms with Gasteiger partial charge in [-0.05, 0) is 41.5 Å². The van der Waals surface area contributed by atoms with E-state index in [4.69, 9.17) is 9.84 Å². The first-order valence-corrected chi connectivity index (χ1v) is 11.3. The Labute approximate surface area is 192 Å². The lowest BCUT2D eigenvalue weighted by Gasteiger charge is -2.23. The van der Waals surface area contributed by atoms with Crippen LogP contribution in [0.25, 0.3) is 11.1 Å². The van der Waals surface area contributed by atoms with Crippen molar-refractivity contribution in [3.8, 4) is 11.1 Å². The van der Waals surface area contributed by atoms with Gasteiger partial charge in [0.25, 0.3) is 0 Å². The molecule has 2 amide bonds. The average Bonchev–Trinajstić information content (AvgIpc) is 3.47. The lowest BCUT2D eigenvalue weighted by molar-refractivity contribution is -0.146. The zero-order chi connectivity index (χ0) is 22.9. The number of aliphatic carboxylic acids is 1. The summed E-state index contributed by atoms with van der Waals surface area (Å²) in [4.78, 5) is 37.9. The summed E-state index contributed by atoms with van der Waals surface area (Å²) in [5, 5.41) is 11.9. The zero-order valence-electron chi connectivity index (χ0n) is 18.1. The molecule has 2 atom stereocenters. The third-order valence-electron chi connectivity index (χ3n) is 6.62. The molecule has 7 heteroatoms. The van der Waals surface area contributed by atoms with Crippen molar-refractivity contribution in [2.24, 2.45) is 5.92 Å². The third kappa shape index (κ3) is 4.35. The highest BCUT2D eigenvalue weighted by atomic mass is 16.5. The lowest BCUT2D eigenvalue weighted by Crippen LogP contribution is -2.41. The van der Waals surface area contributed by atoms with E-state index in [2.05, 4.69) is 29.6 Å². The van der Waals surface area contributed by atoms with Crippen molar-refractivity contribution >= 4 is 18.0 Å². The van der Waals surface area contributed by atoms with Gasteiger partial charge in [0.1, 0.15) is 13.2 Å². The van der Waals surface area contributed by atoms with Crippen LogP contribution < -0.4 is 5.32 Å². The van der Waals surface area contributed by atoms with E-state index in [1.807, 2.05) is 24.3 Å². The molecule has 7 nitrogen and oxygen atoms in total. The molecule has 0 radical (unpaired) electrons. The molecule has 0 aliphatic heterocycles. The molecule has 3 aliphatic carbocycles. The molecule has 5 rings (SSSR count). The van der Waals surface area contributed by atoms with E-state index in [1.54, 1.807) is 12.2 Å². The van der Waals surface area contributed by atoms with Crippen LogP contribution in [0.2, 0.25) is 0 Å². The Kier molecular flexibility index (Phi) is 5.62. The first kappa shape index (κ1) is 21.2. The van der Waals surface area contributed by atoms with Crippen molar-refractivity contribution in [1.29, 1.82) is 0 Å². The van der Waals surface area contributed by atoms with E-state index in [0.29, 0.717) is 6.42 Å². The lowest BCUT2D eigenvalue weighted by atomic mass is 9.98. The van der Waals surface area contributed by atoms with Gasteiger partial charge in [-0.3, -0.25) is 9.59 Å². The number of nitrogens with one attached hydrogen (secondary N) is 1. The molecule has 0 aromatic heterocycles. The summed E-state index contributed by atoms with van der Waals surface area (Å²) in [6, 6.07) is 16.0. The molecule has 170 valence electrons. The van der Waals surface area contributed by atoms with Crippen molar-refractivity contribution < 1.29 is 24.2 Å². The molecule has 1 fully saturated rings. The number of fused-ring (bicyclic) bond motifs is 3. The number of hydrogen-bond donors (Lipinski definition) is 2. The normalized spacial score (nSPS) is 20.7. The van der Waals surface area contributed by atoms with Crippen molar-refractivity contribution in [2.75, 3.05) is 13.2 Å². The monoisotopic (exact) mass is 446 g/mol. The van der Waals surface area contributed by atoms with Crippen molar-refractivity contribution in [3.05, 3.63) is 71.8 Å². The molecule has 1 saturated carbocycles. The summed E-state index contributed by atoms with van der Waals surface area (Å²) < 4.78 is 5.59. The fourth-order valence-corrected chi connectivity index (χ4v) is 4.91. The summed E-state index contributed by atoms with van der Waals surface area (Å²) >= 11 is 0. The number of rotatable bonds is 7. The highest BCUT2D eigenvalue weighted by molar-refractivity contribution is 5.85. The number of ether oxygens (including phenoxy) is 1. The first-order valence-electron chi connectivity index (χ1n) is 11.3. The molecule has 33 heavy (non-hydrogen) atoms. The molecule has 2 aromatic rings. The number of nitrogens with zero attached hydrogens (tertiary/aromatic N) is 1. The Morgan fingerprint density at radius 1 is 0.970 bits per heavy atom. The Hall–Kier alpha value is -3.61. The largest absolute Gasteiger partial charge is 0.480 e. The van der Waals surface area contributed by atoms with Crippen molar-refractivity contribution in [2.45, 2.75) is 37.3 Å². The fourth-order valence-electron chi connectivity index (χ4n) is 4.91. The van der Waals surface area contributed by atoms with Gasteiger partial charge >= 0.3 is 12.1 Å². The Balaban J connectivity index is 1.16. The van der Waals surface area contributed by atoms with E-state index < -0.39 is 18.0 Å². The van der Waals surface area contributed by atoms with E-state index >= 15 is 0 Å². The third-order valence-corrected chi connectivity index (χ3v) is 6.62. The molecular weight excluding hydrogens is 420 g/mol. The predicted octanol–water partition coefficient (Wildman–Crippen LogP) is 3.55. The Morgan fingerprint density at radius 3 is 2.21 bits per heavy atom. The molecule has 0 spiro atoms. The van der Waals surface area contributed by atoms with Crippen molar-refractivity contribution in [1.82, 2.24) is 10.2 Å². The molecule has 2 N–H and O–H groups in total. The van der Waals surface area contributed by atoms with Gasteiger partial charge in [0.2, 0.25) is 5.91 Å². The van der Waals surface area contributed by atoms with Crippen LogP contribution in [-0.4, -0.2) is 53.2 Å². The molecule has 2 unspecified atom stereocenters. The SMILES string of the molecule is O=C(O)CN(C(=O)C1C=CC(NC(=O)OCC2c3ccccc3-c3ccccc32)C1)C1CC1. The van der Waals surface area contributed by atoms with E-state index in [9.17, 15) is 14.4 Å². The standard InChI is InChI=1S/C26H26N2O5/c29-24(30)14-28(18-11-12-18)25(31)16-9-10-17(13-16)27-26(32)33-15-23-21-7-3-1-5-19(21)20-6-2-4-8-22(20)23/h1-10,16-18,23H,11-15H2,(H,27,32)(H,29,30). The van der Waals surface area contributed by atoms with E-state index in [0.717, 1.165) is 24.0 Å². The number of carboxylic acid groups (broad SMARTS) is 1. The second kappa shape index (κ2) is 8.73. The molecule has 2 aromatic carbocycles. The second-order valence-corrected chi connectivity index (χ2v) is 8.89. The maximum atomic E-state index is 12.8. The smallest absolute Gasteiger partial charge is 0.407 e. The number of amides is 2. The quantitative estimate of drug-likeness (QED) is 0.634. The fraction of sp³-hybridized carbons (Fsp3) is 0.346. The summed E-state index contributed by atoms with van der Waals surface area (Å²) in [5.74, 6) is -1.64. The maximum Gasteiger partial charge on any atom is 0.407 e. The van der Waals surface area contributed by atoms with Gasteiger partial charge < -0.3 is 20.1 Å². The Bertz CT molecular complexity index is 1080. The van der Waals surface area contributed by atoms with Crippen LogP contribution in [-0.2, 0) is 14.3 Å². The number of alkyl carbamates (subject to hydrolysis) is 1. The number of carboxylic acids is 1. The highest BCUT2D eigenvalue weighted by Gasteiger charge is 2.38. The molecular formula is C26H26N2O5. The minimum absolute atomic E-state index is 0.0142. The van der Waals surface area contributed by atoms with Crippen LogP contribution in [0.3, 0.4) is 0 Å². The number of carbonyl (C=O) groups is 3. The predicted molar refractivity (Wildman–Crippen MR) is 122 cm³/mol. The summed E-state index contributed by atoms with van der Waals surface area (Å²) in [6.07, 6.45) is 5.12. The zero-order valence-corrected chi connectivity index (χ0v) is 18.1. The number of benzene rings is 2. The Morgan fingerprint density at radius 2 is 1.61 bits per heavy atom. The van der Waals surface area contributed by atoms with Crippen LogP contribution in [0.15, 0.2) is 60.7 Å². The van der Waals surface area contributed by atoms with E-state index in [-0.39, 0.29) is 37.1 Å². The van der Waals surface area contributed by atoms with Crippen LogP contribution >= 0.6 is 0 Å². The summed E-state index contributed by atoms with van der Waals surface area (Å²) in [6.45, 7) is -0.0506. The topological polar surface area (TPSA) is 95.9 Å². The molecule has 0 bridgehead atoms. The highest BCUT2D eigenvalue weighted by Crippen LogP contribution is 2.44. The van der Waals surface area contributed by atoms with Gasteiger partial charge in [0, 0.05) is 12.0 Å². The van der Waals surface area contributed by atoms with Crippen molar-refractivity contribution in [3.63, 3.8) is 0 Å². The number of hydrogen-bond acceptors (Lipinski definition) is 4. The molecule has 3 aliphatic rings. The molecule has 0 saturated heterocycles. The summed E-state index contributed by atoms with van der Waals surface area (Å²) in [5.41, 5.74) is 4.64. The van der Waals surface area contributed by atoms with Gasteiger partial charge in [-0.2, -0.15) is 0 Å². The minimum Gasteiger partial charge on any atom is -0.480 e. The van der Waals surface area contributed by atoms with Gasteiger partial charge in [0.15, 0.2) is 0 Å². The van der Waals surface area contributed by atoms with E-state index in [1.165, 1.54) is 16.0 Å². The second-order valence-electron chi connectivity index (χ2n) is 8.89. The molecule has 0 heterocycles. The maximum absolute atomic E-state index is 12.8. The summed E-state index contributed by atoms with van der Waals surface area (Å²) in [7, 11) is 0. The van der Waals surface area contributed by atoms with Gasteiger partial charge in [-0.25, -0.2) is 4.79 Å². The van der Waals surface area contributed by atoms with Gasteiger partial charge in [-0.1, -0.05) is 60.7 Å². The van der Waals surface area contributed by atoms with Crippen LogP contribution in [0, 0.1) is 5.92 Å². The average molecular weight is 447 g/mol. The minimum atomic E-state index is -1.01. The van der Waals surface area contributed by atoms with Crippen LogP contribution in [0.5, 0.6) is 0 Å².